The predicted molar refractivity (Wildman–Crippen MR) is 354 cm³/mol. The minimum absolute atomic E-state index is 0.0109. The quantitative estimate of drug-likeness (QED) is 0.0335. The van der Waals surface area contributed by atoms with Crippen LogP contribution >= 0.6 is 0 Å². The van der Waals surface area contributed by atoms with Crippen molar-refractivity contribution in [2.45, 2.75) is 56.2 Å². The van der Waals surface area contributed by atoms with Crippen molar-refractivity contribution in [2.75, 3.05) is 47.9 Å². The summed E-state index contributed by atoms with van der Waals surface area (Å²) in [5, 5.41) is 26.4. The number of amides is 8. The van der Waals surface area contributed by atoms with Crippen LogP contribution in [0.4, 0.5) is 81.7 Å². The number of benzene rings is 9. The van der Waals surface area contributed by atoms with Gasteiger partial charge >= 0.3 is 24.1 Å². The van der Waals surface area contributed by atoms with Crippen LogP contribution in [0.15, 0.2) is 194 Å². The van der Waals surface area contributed by atoms with E-state index >= 15 is 0 Å². The number of anilines is 10. The summed E-state index contributed by atoms with van der Waals surface area (Å²) in [6.07, 6.45) is 0. The van der Waals surface area contributed by atoms with Crippen molar-refractivity contribution in [3.63, 3.8) is 0 Å². The molecule has 92 heavy (non-hydrogen) atoms. The van der Waals surface area contributed by atoms with Crippen molar-refractivity contribution >= 4 is 128 Å². The van der Waals surface area contributed by atoms with Gasteiger partial charge in [-0.1, -0.05) is 66.7 Å². The van der Waals surface area contributed by atoms with E-state index in [1.807, 2.05) is 12.1 Å². The maximum atomic E-state index is 13.8. The summed E-state index contributed by atoms with van der Waals surface area (Å²) >= 11 is 0. The highest BCUT2D eigenvalue weighted by Gasteiger charge is 2.27. The number of urea groups is 4. The van der Waals surface area contributed by atoms with Gasteiger partial charge in [0.15, 0.2) is 0 Å². The number of carbonyl (C=O) groups excluding carboxylic acids is 4. The molecule has 1 heterocycles. The normalized spacial score (nSPS) is 11.8. The van der Waals surface area contributed by atoms with Crippen LogP contribution in [0.25, 0.3) is 33.4 Å². The lowest BCUT2D eigenvalue weighted by molar-refractivity contribution is 0.261. The van der Waals surface area contributed by atoms with Gasteiger partial charge in [-0.05, 0) is 166 Å². The summed E-state index contributed by atoms with van der Waals surface area (Å²) in [4.78, 5) is 58.7. The maximum Gasteiger partial charge on any atom is 0.323 e. The molecule has 8 amide bonds. The van der Waals surface area contributed by atoms with E-state index in [1.165, 1.54) is 42.5 Å². The molecule has 12 N–H and O–H groups in total. The molecule has 1 aliphatic heterocycles. The van der Waals surface area contributed by atoms with E-state index in [4.69, 9.17) is 9.41 Å². The fourth-order valence-corrected chi connectivity index (χ4v) is 12.4. The van der Waals surface area contributed by atoms with E-state index in [9.17, 15) is 58.1 Å². The number of hydrogen-bond donors (Lipinski definition) is 12. The SMILES string of the molecule is Cc1c(N=c2ccc3c(-c4ccccc4S(=O)(=O)O)c4ccc(Nc5c(C)c(NC(=O)Nc6ccccc6)c(C)c(NC(=O)Nc6ccccc6)c5C)cc4oc-3c2)c(C)c(NC(=O)Nc2cccc(S(=O)(=O)O)c2)c(C)c1NC(=O)Nc1cccc(S(=O)(=O)O)c1. The molecule has 0 aromatic heterocycles. The predicted octanol–water partition coefficient (Wildman–Crippen LogP) is 14.3. The van der Waals surface area contributed by atoms with Gasteiger partial charge in [0.1, 0.15) is 16.2 Å². The summed E-state index contributed by atoms with van der Waals surface area (Å²) in [5.41, 5.74) is 6.91. The zero-order valence-corrected chi connectivity index (χ0v) is 52.1. The third-order valence-electron chi connectivity index (χ3n) is 14.9. The van der Waals surface area contributed by atoms with Crippen LogP contribution in [0.5, 0.6) is 0 Å². The van der Waals surface area contributed by atoms with Gasteiger partial charge in [-0.25, -0.2) is 24.2 Å². The monoisotopic (exact) mass is 1300 g/mol. The Morgan fingerprint density at radius 1 is 0.380 bits per heavy atom. The minimum Gasteiger partial charge on any atom is -0.456 e. The van der Waals surface area contributed by atoms with Crippen LogP contribution in [0.2, 0.25) is 0 Å². The molecule has 27 heteroatoms. The second-order valence-electron chi connectivity index (χ2n) is 21.1. The molecule has 2 aliphatic rings. The number of fused-ring (bicyclic) bond motifs is 2. The molecule has 24 nitrogen and oxygen atoms in total. The molecule has 0 atom stereocenters. The molecule has 10 rings (SSSR count). The summed E-state index contributed by atoms with van der Waals surface area (Å²) < 4.78 is 111. The lowest BCUT2D eigenvalue weighted by atomic mass is 9.93. The number of rotatable bonds is 15. The summed E-state index contributed by atoms with van der Waals surface area (Å²) in [5.74, 6) is 0.155. The molecule has 8 aromatic carbocycles. The third-order valence-corrected chi connectivity index (χ3v) is 17.5. The van der Waals surface area contributed by atoms with E-state index in [2.05, 4.69) is 47.9 Å². The minimum atomic E-state index is -4.85. The topological polar surface area (TPSA) is 365 Å². The van der Waals surface area contributed by atoms with Crippen molar-refractivity contribution in [3.8, 4) is 22.5 Å². The average molecular weight is 1300 g/mol. The first kappa shape index (κ1) is 64.1. The molecule has 0 fully saturated rings. The van der Waals surface area contributed by atoms with E-state index in [-0.39, 0.29) is 50.7 Å². The van der Waals surface area contributed by atoms with Crippen molar-refractivity contribution in [2.24, 2.45) is 4.99 Å². The van der Waals surface area contributed by atoms with E-state index < -0.39 is 69.2 Å². The standard InChI is InChI=1S/C65H58N10O14S3/c1-35-56(36(2)59(73-63(77)69-42-19-11-8-12-20-42)39(5)58(35)72-62(76)68-41-17-9-7-10-18-41)66-45-27-29-49-52(33-45)89-53-34-46(28-30-50(53)55(49)51-25-13-14-26-54(51)92(86,87)88)67-57-37(3)60(74-64(78)70-43-21-15-23-47(31-43)90(80,81)82)40(6)61(38(57)4)75-65(79)71-44-22-16-24-48(32-44)91(83,84)85/h7-34,66H,1-6H3,(H2,68,72,76)(H2,69,73,77)(H2,70,74,78)(H2,71,75,79)(H,80,81,82)(H,83,84,85)(H,86,87,88). The van der Waals surface area contributed by atoms with Gasteiger partial charge in [0.2, 0.25) is 0 Å². The van der Waals surface area contributed by atoms with Gasteiger partial charge in [-0.15, -0.1) is 0 Å². The van der Waals surface area contributed by atoms with Crippen LogP contribution in [-0.2, 0) is 30.4 Å². The van der Waals surface area contributed by atoms with Crippen LogP contribution in [0.3, 0.4) is 0 Å². The Labute approximate surface area is 527 Å². The number of hydrogen-bond acceptors (Lipinski definition) is 13. The molecule has 0 saturated heterocycles. The van der Waals surface area contributed by atoms with Crippen molar-refractivity contribution in [3.05, 3.63) is 209 Å². The Morgan fingerprint density at radius 3 is 1.27 bits per heavy atom. The second-order valence-corrected chi connectivity index (χ2v) is 25.3. The number of para-hydroxylation sites is 2. The van der Waals surface area contributed by atoms with Crippen molar-refractivity contribution in [1.29, 1.82) is 0 Å². The van der Waals surface area contributed by atoms with E-state index in [1.54, 1.807) is 133 Å². The van der Waals surface area contributed by atoms with Gasteiger partial charge in [0.05, 0.1) is 43.6 Å². The van der Waals surface area contributed by atoms with Gasteiger partial charge in [0.25, 0.3) is 30.4 Å². The van der Waals surface area contributed by atoms with Crippen molar-refractivity contribution in [1.82, 2.24) is 0 Å². The van der Waals surface area contributed by atoms with E-state index in [0.717, 1.165) is 24.3 Å². The van der Waals surface area contributed by atoms with Gasteiger partial charge in [0, 0.05) is 68.3 Å². The summed E-state index contributed by atoms with van der Waals surface area (Å²) in [7, 11) is -14.2. The molecule has 0 radical (unpaired) electrons. The Balaban J connectivity index is 1.11. The largest absolute Gasteiger partial charge is 0.456 e. The first-order valence-corrected chi connectivity index (χ1v) is 32.2. The van der Waals surface area contributed by atoms with Gasteiger partial charge in [-0.2, -0.15) is 25.3 Å². The van der Waals surface area contributed by atoms with Gasteiger partial charge < -0.3 is 52.3 Å². The van der Waals surface area contributed by atoms with E-state index in [0.29, 0.717) is 84.0 Å². The lowest BCUT2D eigenvalue weighted by Gasteiger charge is -2.24. The van der Waals surface area contributed by atoms with Gasteiger partial charge in [-0.3, -0.25) is 13.7 Å². The Morgan fingerprint density at radius 2 is 0.804 bits per heavy atom. The highest BCUT2D eigenvalue weighted by atomic mass is 32.2. The Hall–Kier alpha value is -10.9. The smallest absolute Gasteiger partial charge is 0.323 e. The molecule has 0 saturated carbocycles. The van der Waals surface area contributed by atoms with Crippen LogP contribution in [0, 0.1) is 41.5 Å². The highest BCUT2D eigenvalue weighted by Crippen LogP contribution is 2.46. The molecule has 0 bridgehead atoms. The summed E-state index contributed by atoms with van der Waals surface area (Å²) in [6.45, 7) is 10.2. The first-order chi connectivity index (χ1) is 43.6. The number of nitrogens with zero attached hydrogens (tertiary/aromatic N) is 1. The van der Waals surface area contributed by atoms with Crippen LogP contribution < -0.4 is 53.2 Å². The zero-order valence-electron chi connectivity index (χ0n) is 49.7. The van der Waals surface area contributed by atoms with Crippen molar-refractivity contribution < 1.29 is 62.5 Å². The average Bonchev–Trinajstić information content (AvgIpc) is 0.751. The Bertz CT molecular complexity index is 4850. The first-order valence-electron chi connectivity index (χ1n) is 27.8. The molecule has 0 unspecified atom stereocenters. The molecule has 1 aliphatic carbocycles. The number of nitrogens with one attached hydrogen (secondary N) is 9. The summed E-state index contributed by atoms with van der Waals surface area (Å²) in [6, 6.07) is 40.3. The molecular weight excluding hydrogens is 1240 g/mol. The highest BCUT2D eigenvalue weighted by molar-refractivity contribution is 7.86. The molecule has 0 spiro atoms. The second kappa shape index (κ2) is 25.9. The fraction of sp³-hybridized carbons (Fsp3) is 0.0923. The molecular formula is C65H58N10O14S3. The van der Waals surface area contributed by atoms with Crippen LogP contribution in [0.1, 0.15) is 33.4 Å². The zero-order chi connectivity index (χ0) is 66.0. The fourth-order valence-electron chi connectivity index (χ4n) is 10.6. The maximum absolute atomic E-state index is 13.8. The molecule has 8 aromatic rings. The Kier molecular flexibility index (Phi) is 18.0. The number of carbonyl (C=O) groups is 4. The third kappa shape index (κ3) is 14.2. The molecule has 470 valence electrons. The van der Waals surface area contributed by atoms with Crippen LogP contribution in [-0.4, -0.2) is 63.0 Å². The lowest BCUT2D eigenvalue weighted by Crippen LogP contribution is -2.24.